The summed E-state index contributed by atoms with van der Waals surface area (Å²) in [5, 5.41) is 9.12. The first-order chi connectivity index (χ1) is 17.7. The highest BCUT2D eigenvalue weighted by atomic mass is 19.2. The second kappa shape index (κ2) is 11.5. The molecular weight excluding hydrogens is 472 g/mol. The topological polar surface area (TPSA) is 54.3 Å². The van der Waals surface area contributed by atoms with E-state index in [1.807, 2.05) is 7.11 Å². The molecule has 0 amide bonds. The van der Waals surface area contributed by atoms with Gasteiger partial charge in [0.15, 0.2) is 17.4 Å². The number of carbonyl (C=O) groups excluding carboxylic acids is 1. The molecule has 0 bridgehead atoms. The summed E-state index contributed by atoms with van der Waals surface area (Å²) in [6, 6.07) is 0. The number of ether oxygens (including phenoxy) is 1. The van der Waals surface area contributed by atoms with Crippen molar-refractivity contribution in [2.75, 3.05) is 20.3 Å². The molecule has 3 fully saturated rings. The van der Waals surface area contributed by atoms with Gasteiger partial charge in [0.05, 0.1) is 6.61 Å². The molecule has 0 aromatic heterocycles. The Kier molecular flexibility index (Phi) is 8.72. The van der Waals surface area contributed by atoms with Gasteiger partial charge in [0.1, 0.15) is 12.3 Å². The summed E-state index contributed by atoms with van der Waals surface area (Å²) in [6.45, 7) is 11.3. The van der Waals surface area contributed by atoms with E-state index in [-0.39, 0.29) is 41.2 Å². The third kappa shape index (κ3) is 4.97. The number of ketones is 1. The first-order valence-electron chi connectivity index (χ1n) is 14.3. The molecule has 3 saturated carbocycles. The Hall–Kier alpha value is -1.89. The standard InChI is InChI=1S/C30H45F2N3O2/c1-6-16-30(19-37-5)20(7-2)11-12-21-22-13-14-24(29(22,3)17-15-23(21)30)27(36)18-35(33-4)34-26-10-8-9-25(31)28(26)32/h8-9,20-24H,4,6-7,10-19H2,1-3,5H3/b34-26+. The summed E-state index contributed by atoms with van der Waals surface area (Å²) in [5.74, 6) is 0.579. The Morgan fingerprint density at radius 2 is 1.97 bits per heavy atom. The normalized spacial score (nSPS) is 38.4. The maximum absolute atomic E-state index is 14.2. The number of hydrazone groups is 2. The lowest BCUT2D eigenvalue weighted by atomic mass is 9.45. The Balaban J connectivity index is 1.52. The van der Waals surface area contributed by atoms with E-state index in [9.17, 15) is 13.6 Å². The lowest BCUT2D eigenvalue weighted by molar-refractivity contribution is -0.144. The van der Waals surface area contributed by atoms with Gasteiger partial charge in [-0.1, -0.05) is 39.7 Å². The molecule has 0 N–H and O–H groups in total. The molecule has 4 aliphatic carbocycles. The van der Waals surface area contributed by atoms with Crippen LogP contribution in [0.5, 0.6) is 0 Å². The van der Waals surface area contributed by atoms with E-state index in [2.05, 4.69) is 37.7 Å². The highest BCUT2D eigenvalue weighted by molar-refractivity contribution is 6.00. The minimum absolute atomic E-state index is 0.0485. The van der Waals surface area contributed by atoms with Crippen LogP contribution in [0.2, 0.25) is 0 Å². The van der Waals surface area contributed by atoms with Gasteiger partial charge < -0.3 is 4.74 Å². The van der Waals surface area contributed by atoms with Crippen LogP contribution in [-0.2, 0) is 9.53 Å². The Labute approximate surface area is 221 Å². The third-order valence-electron chi connectivity index (χ3n) is 10.6. The van der Waals surface area contributed by atoms with E-state index in [0.717, 1.165) is 43.5 Å². The molecule has 0 aliphatic heterocycles. The van der Waals surface area contributed by atoms with Crippen molar-refractivity contribution >= 4 is 18.2 Å². The fraction of sp³-hybridized carbons (Fsp3) is 0.767. The molecule has 0 aromatic carbocycles. The maximum atomic E-state index is 14.2. The monoisotopic (exact) mass is 517 g/mol. The predicted octanol–water partition coefficient (Wildman–Crippen LogP) is 7.25. The van der Waals surface area contributed by atoms with Crippen LogP contribution < -0.4 is 0 Å². The van der Waals surface area contributed by atoms with Crippen molar-refractivity contribution in [1.82, 2.24) is 5.12 Å². The van der Waals surface area contributed by atoms with Crippen molar-refractivity contribution in [3.05, 3.63) is 23.8 Å². The quantitative estimate of drug-likeness (QED) is 0.226. The molecule has 0 radical (unpaired) electrons. The summed E-state index contributed by atoms with van der Waals surface area (Å²) < 4.78 is 33.7. The van der Waals surface area contributed by atoms with E-state index in [1.165, 1.54) is 38.2 Å². The fourth-order valence-corrected chi connectivity index (χ4v) is 9.11. The van der Waals surface area contributed by atoms with Crippen LogP contribution in [0.3, 0.4) is 0 Å². The minimum Gasteiger partial charge on any atom is -0.384 e. The highest BCUT2D eigenvalue weighted by Crippen LogP contribution is 2.66. The van der Waals surface area contributed by atoms with Crippen molar-refractivity contribution in [3.63, 3.8) is 0 Å². The van der Waals surface area contributed by atoms with Crippen molar-refractivity contribution in [2.45, 2.75) is 85.0 Å². The lowest BCUT2D eigenvalue weighted by Gasteiger charge is -2.60. The minimum atomic E-state index is -0.996. The molecule has 0 saturated heterocycles. The maximum Gasteiger partial charge on any atom is 0.182 e. The molecule has 0 spiro atoms. The number of fused-ring (bicyclic) bond motifs is 3. The van der Waals surface area contributed by atoms with Crippen molar-refractivity contribution < 1.29 is 18.3 Å². The summed E-state index contributed by atoms with van der Waals surface area (Å²) in [6.07, 6.45) is 13.0. The molecule has 4 aliphatic rings. The second-order valence-corrected chi connectivity index (χ2v) is 12.1. The number of rotatable bonds is 10. The molecular formula is C30H45F2N3O2. The predicted molar refractivity (Wildman–Crippen MR) is 144 cm³/mol. The molecule has 37 heavy (non-hydrogen) atoms. The molecule has 7 atom stereocenters. The van der Waals surface area contributed by atoms with Gasteiger partial charge in [-0.3, -0.25) is 4.79 Å². The summed E-state index contributed by atoms with van der Waals surface area (Å²) >= 11 is 0. The van der Waals surface area contributed by atoms with E-state index < -0.39 is 11.7 Å². The van der Waals surface area contributed by atoms with E-state index in [4.69, 9.17) is 4.74 Å². The zero-order valence-electron chi connectivity index (χ0n) is 23.1. The van der Waals surface area contributed by atoms with Crippen LogP contribution in [-0.4, -0.2) is 43.6 Å². The smallest absolute Gasteiger partial charge is 0.182 e. The Morgan fingerprint density at radius 3 is 2.65 bits per heavy atom. The first-order valence-corrected chi connectivity index (χ1v) is 14.3. The van der Waals surface area contributed by atoms with Crippen LogP contribution in [0.1, 0.15) is 85.0 Å². The fourth-order valence-electron chi connectivity index (χ4n) is 9.11. The average Bonchev–Trinajstić information content (AvgIpc) is 3.24. The van der Waals surface area contributed by atoms with Gasteiger partial charge in [-0.05, 0) is 85.5 Å². The number of Topliss-reactive ketones (excluding diaryl/α,β-unsaturated/α-hetero) is 1. The van der Waals surface area contributed by atoms with Gasteiger partial charge in [-0.15, -0.1) is 0 Å². The van der Waals surface area contributed by atoms with Gasteiger partial charge >= 0.3 is 0 Å². The zero-order valence-corrected chi connectivity index (χ0v) is 23.1. The molecule has 0 aromatic rings. The van der Waals surface area contributed by atoms with Crippen LogP contribution in [0.4, 0.5) is 8.78 Å². The van der Waals surface area contributed by atoms with Crippen LogP contribution in [0, 0.1) is 40.4 Å². The zero-order chi connectivity index (χ0) is 26.8. The number of hydrogen-bond donors (Lipinski definition) is 0. The third-order valence-corrected chi connectivity index (χ3v) is 10.6. The number of carbonyl (C=O) groups is 1. The van der Waals surface area contributed by atoms with E-state index >= 15 is 0 Å². The Morgan fingerprint density at radius 1 is 1.19 bits per heavy atom. The van der Waals surface area contributed by atoms with Gasteiger partial charge in [0.25, 0.3) is 0 Å². The van der Waals surface area contributed by atoms with Gasteiger partial charge in [0.2, 0.25) is 0 Å². The average molecular weight is 518 g/mol. The summed E-state index contributed by atoms with van der Waals surface area (Å²) in [4.78, 5) is 13.6. The molecule has 0 heterocycles. The molecule has 7 heteroatoms. The highest BCUT2D eigenvalue weighted by Gasteiger charge is 2.61. The van der Waals surface area contributed by atoms with Gasteiger partial charge in [-0.2, -0.15) is 15.3 Å². The van der Waals surface area contributed by atoms with E-state index in [1.54, 1.807) is 0 Å². The number of hydrogen-bond acceptors (Lipinski definition) is 5. The molecule has 7 unspecified atom stereocenters. The van der Waals surface area contributed by atoms with Gasteiger partial charge in [-0.25, -0.2) is 8.78 Å². The van der Waals surface area contributed by atoms with Crippen LogP contribution >= 0.6 is 0 Å². The number of allylic oxidation sites excluding steroid dienone is 4. The second-order valence-electron chi connectivity index (χ2n) is 12.1. The Bertz CT molecular complexity index is 954. The SMILES string of the molecule is C=NN(CC(=O)C1CCC2C3CCC(CC)C(CCC)(COC)C3CCC12C)/N=C1\CC=CC(F)=C1F. The molecule has 206 valence electrons. The number of methoxy groups -OCH3 is 1. The number of halogens is 2. The molecule has 4 rings (SSSR count). The van der Waals surface area contributed by atoms with Gasteiger partial charge in [0, 0.05) is 26.2 Å². The molecule has 5 nitrogen and oxygen atoms in total. The van der Waals surface area contributed by atoms with Crippen LogP contribution in [0.15, 0.2) is 34.0 Å². The van der Waals surface area contributed by atoms with Crippen molar-refractivity contribution in [3.8, 4) is 0 Å². The first kappa shape index (κ1) is 28.1. The summed E-state index contributed by atoms with van der Waals surface area (Å²) in [5.41, 5.74) is 0.132. The largest absolute Gasteiger partial charge is 0.384 e. The van der Waals surface area contributed by atoms with E-state index in [0.29, 0.717) is 23.7 Å². The van der Waals surface area contributed by atoms with Crippen molar-refractivity contribution in [2.24, 2.45) is 50.6 Å². The number of nitrogens with zero attached hydrogens (tertiary/aromatic N) is 3. The van der Waals surface area contributed by atoms with Crippen LogP contribution in [0.25, 0.3) is 0 Å². The van der Waals surface area contributed by atoms with Crippen molar-refractivity contribution in [1.29, 1.82) is 0 Å². The summed E-state index contributed by atoms with van der Waals surface area (Å²) in [7, 11) is 1.85. The lowest BCUT2D eigenvalue weighted by Crippen LogP contribution is -2.55.